The van der Waals surface area contributed by atoms with E-state index in [1.165, 1.54) is 23.1 Å². The quantitative estimate of drug-likeness (QED) is 0.123. The number of aromatic nitrogens is 3. The number of fused-ring (bicyclic) bond motifs is 3. The molecular weight excluding hydrogens is 886 g/mol. The molecule has 0 aliphatic carbocycles. The number of rotatable bonds is 6. The first-order chi connectivity index (χ1) is 25.0. The van der Waals surface area contributed by atoms with Crippen molar-refractivity contribution in [2.24, 2.45) is 5.92 Å². The van der Waals surface area contributed by atoms with Crippen LogP contribution < -0.4 is 4.40 Å². The van der Waals surface area contributed by atoms with Crippen molar-refractivity contribution in [3.05, 3.63) is 131 Å². The Labute approximate surface area is 326 Å². The van der Waals surface area contributed by atoms with Crippen LogP contribution in [0.15, 0.2) is 85.2 Å². The second-order valence-electron chi connectivity index (χ2n) is 14.4. The first-order valence-electron chi connectivity index (χ1n) is 18.5. The molecule has 0 unspecified atom stereocenters. The summed E-state index contributed by atoms with van der Waals surface area (Å²) in [6.45, 7) is 8.31. The third-order valence-corrected chi connectivity index (χ3v) is 14.2. The Morgan fingerprint density at radius 1 is 0.863 bits per heavy atom. The van der Waals surface area contributed by atoms with Crippen LogP contribution in [0.5, 0.6) is 0 Å². The van der Waals surface area contributed by atoms with E-state index in [-0.39, 0.29) is 31.6 Å². The second-order valence-corrected chi connectivity index (χ2v) is 26.0. The Bertz CT molecular complexity index is 2420. The summed E-state index contributed by atoms with van der Waals surface area (Å²) in [4.78, 5) is 14.1. The third-order valence-electron chi connectivity index (χ3n) is 8.77. The van der Waals surface area contributed by atoms with Gasteiger partial charge in [0.1, 0.15) is 10.6 Å². The zero-order valence-electron chi connectivity index (χ0n) is 33.3. The van der Waals surface area contributed by atoms with Gasteiger partial charge < -0.3 is 4.98 Å². The van der Waals surface area contributed by atoms with Crippen LogP contribution in [-0.4, -0.2) is 28.2 Å². The maximum atomic E-state index is 14.9. The number of hydrogen-bond acceptors (Lipinski definition) is 4. The average molecular weight is 934 g/mol. The predicted molar refractivity (Wildman–Crippen MR) is 214 cm³/mol. The SMILES string of the molecule is CC(C)Cc1cc(-c2[c-]cccc2)nc[c]1[Ge]([CH3])([CH3])[CH3].[2H]C([2H])([2H])c1ccc2c(n1)sc1c(-c3cc(-c4c(C)cc(C)cc4C)c(F)cn3)[c-]ccc12.[Ir]. The fourth-order valence-electron chi connectivity index (χ4n) is 6.67. The summed E-state index contributed by atoms with van der Waals surface area (Å²) < 4.78 is 40.3. The van der Waals surface area contributed by atoms with Gasteiger partial charge >= 0.3 is 126 Å². The Morgan fingerprint density at radius 2 is 1.61 bits per heavy atom. The van der Waals surface area contributed by atoms with Crippen LogP contribution in [0.4, 0.5) is 4.39 Å². The second kappa shape index (κ2) is 16.0. The van der Waals surface area contributed by atoms with Gasteiger partial charge in [-0.1, -0.05) is 35.2 Å². The van der Waals surface area contributed by atoms with E-state index in [2.05, 4.69) is 83.7 Å². The maximum Gasteiger partial charge on any atom is 0.147 e. The minimum atomic E-state index is -2.27. The van der Waals surface area contributed by atoms with Crippen molar-refractivity contribution in [3.8, 4) is 33.6 Å². The molecule has 0 spiro atoms. The molecule has 51 heavy (non-hydrogen) atoms. The molecule has 7 heteroatoms. The molecule has 0 atom stereocenters. The monoisotopic (exact) mass is 935 g/mol. The topological polar surface area (TPSA) is 38.7 Å². The molecule has 4 aromatic heterocycles. The molecule has 0 amide bonds. The Hall–Kier alpha value is -3.55. The van der Waals surface area contributed by atoms with Gasteiger partial charge in [0, 0.05) is 35.5 Å². The Balaban J connectivity index is 0.000000230. The van der Waals surface area contributed by atoms with Crippen molar-refractivity contribution in [3.63, 3.8) is 0 Å². The van der Waals surface area contributed by atoms with Crippen molar-refractivity contribution >= 4 is 49.3 Å². The molecule has 4 heterocycles. The molecule has 0 fully saturated rings. The zero-order chi connectivity index (χ0) is 38.2. The van der Waals surface area contributed by atoms with Crippen molar-refractivity contribution in [2.45, 2.75) is 65.2 Å². The van der Waals surface area contributed by atoms with E-state index in [1.54, 1.807) is 22.6 Å². The molecule has 0 saturated carbocycles. The summed E-state index contributed by atoms with van der Waals surface area (Å²) in [5, 5.41) is 1.83. The number of thiophene rings is 1. The first-order valence-corrected chi connectivity index (χ1v) is 25.1. The van der Waals surface area contributed by atoms with E-state index in [4.69, 9.17) is 9.10 Å². The van der Waals surface area contributed by atoms with E-state index in [0.717, 1.165) is 61.0 Å². The van der Waals surface area contributed by atoms with Crippen LogP contribution in [0.3, 0.4) is 0 Å². The number of nitrogens with zero attached hydrogens (tertiary/aromatic N) is 3. The van der Waals surface area contributed by atoms with Crippen LogP contribution >= 0.6 is 11.3 Å². The van der Waals surface area contributed by atoms with Gasteiger partial charge in [-0.2, -0.15) is 11.3 Å². The summed E-state index contributed by atoms with van der Waals surface area (Å²) in [6.07, 6.45) is 4.53. The van der Waals surface area contributed by atoms with E-state index in [9.17, 15) is 4.39 Å². The van der Waals surface area contributed by atoms with Crippen LogP contribution in [0.2, 0.25) is 17.3 Å². The van der Waals surface area contributed by atoms with E-state index in [0.29, 0.717) is 22.0 Å². The molecule has 0 bridgehead atoms. The van der Waals surface area contributed by atoms with Crippen LogP contribution in [0, 0.1) is 51.5 Å². The molecule has 1 radical (unpaired) electrons. The van der Waals surface area contributed by atoms with Crippen molar-refractivity contribution in [2.75, 3.05) is 0 Å². The number of aryl methyl sites for hydroxylation is 4. The molecular formula is C44H44FGeIrN3S-2. The number of halogens is 1. The van der Waals surface area contributed by atoms with Gasteiger partial charge in [0.15, 0.2) is 0 Å². The van der Waals surface area contributed by atoms with Gasteiger partial charge in [-0.05, 0) is 66.2 Å². The van der Waals surface area contributed by atoms with Gasteiger partial charge in [-0.25, -0.2) is 9.37 Å². The third kappa shape index (κ3) is 8.58. The summed E-state index contributed by atoms with van der Waals surface area (Å²) >= 11 is -0.457. The van der Waals surface area contributed by atoms with Crippen LogP contribution in [-0.2, 0) is 26.5 Å². The molecule has 7 aromatic rings. The molecule has 7 rings (SSSR count). The molecule has 263 valence electrons. The number of pyridine rings is 3. The molecule has 0 N–H and O–H groups in total. The largest absolute Gasteiger partial charge is 0.302 e. The molecule has 3 nitrogen and oxygen atoms in total. The Kier molecular flexibility index (Phi) is 10.8. The maximum absolute atomic E-state index is 14.9. The van der Waals surface area contributed by atoms with Crippen LogP contribution in [0.25, 0.3) is 53.9 Å². The predicted octanol–water partition coefficient (Wildman–Crippen LogP) is 11.6. The zero-order valence-corrected chi connectivity index (χ0v) is 35.6. The van der Waals surface area contributed by atoms with Crippen molar-refractivity contribution in [1.82, 2.24) is 15.0 Å². The van der Waals surface area contributed by atoms with E-state index in [1.807, 2.05) is 51.1 Å². The van der Waals surface area contributed by atoms with Gasteiger partial charge in [0.25, 0.3) is 0 Å². The standard InChI is InChI=1S/C26H20FN2S.C18H24GeN.Ir/c1-14-10-15(2)24(16(3)11-14)21-12-23(28-13-22(21)27)20-7-5-6-18-19-9-8-17(4)29-26(19)30-25(18)20;1-14(2)11-16-12-18(15-9-7-6-8-10-15)20-13-17(16)19(3,4)5;/h5-6,8-13H,1-4H3;6-9,12-14H,11H2,1-5H3;/q2*-1;/i4D3;;. The van der Waals surface area contributed by atoms with Crippen molar-refractivity contribution < 1.29 is 28.6 Å². The molecule has 3 aromatic carbocycles. The summed E-state index contributed by atoms with van der Waals surface area (Å²) in [7, 11) is 0. The summed E-state index contributed by atoms with van der Waals surface area (Å²) in [5.41, 5.74) is 9.59. The fourth-order valence-corrected chi connectivity index (χ4v) is 11.2. The van der Waals surface area contributed by atoms with Crippen molar-refractivity contribution in [1.29, 1.82) is 0 Å². The van der Waals surface area contributed by atoms with Gasteiger partial charge in [-0.15, -0.1) is 23.8 Å². The Morgan fingerprint density at radius 3 is 2.27 bits per heavy atom. The average Bonchev–Trinajstić information content (AvgIpc) is 3.47. The summed E-state index contributed by atoms with van der Waals surface area (Å²) in [5.74, 6) is 7.62. The smallest absolute Gasteiger partial charge is 0.147 e. The van der Waals surface area contributed by atoms with Gasteiger partial charge in [0.2, 0.25) is 0 Å². The minimum Gasteiger partial charge on any atom is -0.302 e. The number of benzene rings is 3. The molecule has 0 saturated heterocycles. The van der Waals surface area contributed by atoms with E-state index < -0.39 is 20.1 Å². The van der Waals surface area contributed by atoms with Crippen LogP contribution in [0.1, 0.15) is 45.9 Å². The number of hydrogen-bond donors (Lipinski definition) is 0. The van der Waals surface area contributed by atoms with Gasteiger partial charge in [-0.3, -0.25) is 0 Å². The molecule has 0 aliphatic rings. The van der Waals surface area contributed by atoms with Gasteiger partial charge in [0.05, 0.1) is 6.20 Å². The summed E-state index contributed by atoms with van der Waals surface area (Å²) in [6, 6.07) is 29.9. The minimum absolute atomic E-state index is 0. The first kappa shape index (κ1) is 34.5. The fraction of sp³-hybridized carbons (Fsp3) is 0.250. The normalized spacial score (nSPS) is 12.5. The molecule has 0 aliphatic heterocycles. The van der Waals surface area contributed by atoms with E-state index >= 15 is 0 Å².